The van der Waals surface area contributed by atoms with Gasteiger partial charge in [-0.2, -0.15) is 0 Å². The van der Waals surface area contributed by atoms with E-state index < -0.39 is 0 Å². The van der Waals surface area contributed by atoms with Crippen molar-refractivity contribution in [3.63, 3.8) is 0 Å². The van der Waals surface area contributed by atoms with E-state index in [2.05, 4.69) is 19.1 Å². The molecule has 0 fully saturated rings. The van der Waals surface area contributed by atoms with E-state index in [0.717, 1.165) is 11.4 Å². The third-order valence-electron chi connectivity index (χ3n) is 2.62. The van der Waals surface area contributed by atoms with Gasteiger partial charge in [0.05, 0.1) is 11.8 Å². The lowest BCUT2D eigenvalue weighted by atomic mass is 10.1. The summed E-state index contributed by atoms with van der Waals surface area (Å²) < 4.78 is 5.78. The van der Waals surface area contributed by atoms with Crippen LogP contribution < -0.4 is 9.75 Å². The van der Waals surface area contributed by atoms with Gasteiger partial charge in [-0.15, -0.1) is 4.91 Å². The third kappa shape index (κ3) is 1.79. The number of nitroso groups, excluding NO2 is 1. The molecule has 1 aliphatic rings. The number of ether oxygens (including phenoxy) is 1. The van der Waals surface area contributed by atoms with Gasteiger partial charge in [-0.25, -0.2) is 5.01 Å². The third-order valence-corrected chi connectivity index (χ3v) is 2.62. The van der Waals surface area contributed by atoms with Crippen molar-refractivity contribution in [1.82, 2.24) is 0 Å². The molecule has 1 aromatic rings. The quantitative estimate of drug-likeness (QED) is 0.698. The summed E-state index contributed by atoms with van der Waals surface area (Å²) in [5.74, 6) is 1.10. The van der Waals surface area contributed by atoms with Crippen molar-refractivity contribution in [2.45, 2.75) is 20.0 Å². The Morgan fingerprint density at radius 3 is 2.87 bits per heavy atom. The number of anilines is 1. The molecule has 1 aromatic carbocycles. The zero-order chi connectivity index (χ0) is 10.8. The molecule has 0 aliphatic carbocycles. The van der Waals surface area contributed by atoms with Crippen LogP contribution in [0.1, 0.15) is 13.8 Å². The van der Waals surface area contributed by atoms with Crippen molar-refractivity contribution < 1.29 is 4.74 Å². The lowest BCUT2D eigenvalue weighted by Gasteiger charge is -2.33. The molecule has 0 aromatic heterocycles. The van der Waals surface area contributed by atoms with E-state index in [0.29, 0.717) is 12.5 Å². The molecule has 1 aliphatic heterocycles. The minimum Gasteiger partial charge on any atom is -0.486 e. The van der Waals surface area contributed by atoms with Crippen LogP contribution in [0.3, 0.4) is 0 Å². The van der Waals surface area contributed by atoms with E-state index in [9.17, 15) is 4.91 Å². The molecular formula is C11H14N2O2. The molecule has 2 rings (SSSR count). The monoisotopic (exact) mass is 206 g/mol. The first-order chi connectivity index (χ1) is 7.22. The van der Waals surface area contributed by atoms with Gasteiger partial charge in [0, 0.05) is 0 Å². The Balaban J connectivity index is 2.34. The maximum absolute atomic E-state index is 10.7. The first-order valence-corrected chi connectivity index (χ1v) is 5.09. The van der Waals surface area contributed by atoms with Gasteiger partial charge >= 0.3 is 0 Å². The number of nitrogens with zero attached hydrogens (tertiary/aromatic N) is 2. The molecule has 1 unspecified atom stereocenters. The molecule has 0 saturated heterocycles. The molecule has 0 radical (unpaired) electrons. The van der Waals surface area contributed by atoms with Crippen LogP contribution in [0.2, 0.25) is 0 Å². The van der Waals surface area contributed by atoms with Crippen LogP contribution in [0.25, 0.3) is 0 Å². The highest BCUT2D eigenvalue weighted by Gasteiger charge is 2.28. The second kappa shape index (κ2) is 3.88. The number of hydrogen-bond donors (Lipinski definition) is 0. The molecule has 0 N–H and O–H groups in total. The van der Waals surface area contributed by atoms with Crippen molar-refractivity contribution >= 4 is 5.69 Å². The Hall–Kier alpha value is -1.58. The summed E-state index contributed by atoms with van der Waals surface area (Å²) in [5, 5.41) is 4.49. The summed E-state index contributed by atoms with van der Waals surface area (Å²) >= 11 is 0. The van der Waals surface area contributed by atoms with Crippen LogP contribution in [0.5, 0.6) is 5.75 Å². The molecule has 80 valence electrons. The number of para-hydroxylation sites is 2. The van der Waals surface area contributed by atoms with E-state index in [1.54, 1.807) is 0 Å². The van der Waals surface area contributed by atoms with Crippen LogP contribution >= 0.6 is 0 Å². The molecule has 0 spiro atoms. The van der Waals surface area contributed by atoms with E-state index in [4.69, 9.17) is 4.74 Å². The molecule has 4 nitrogen and oxygen atoms in total. The van der Waals surface area contributed by atoms with E-state index >= 15 is 0 Å². The highest BCUT2D eigenvalue weighted by Crippen LogP contribution is 2.34. The average Bonchev–Trinajstić information content (AvgIpc) is 2.27. The summed E-state index contributed by atoms with van der Waals surface area (Å²) in [5.41, 5.74) is 0.754. The lowest BCUT2D eigenvalue weighted by molar-refractivity contribution is 0.146. The van der Waals surface area contributed by atoms with Gasteiger partial charge in [0.2, 0.25) is 0 Å². The van der Waals surface area contributed by atoms with Crippen LogP contribution in [-0.2, 0) is 0 Å². The predicted molar refractivity (Wildman–Crippen MR) is 58.8 cm³/mol. The molecule has 4 heteroatoms. The van der Waals surface area contributed by atoms with Gasteiger partial charge in [-0.3, -0.25) is 0 Å². The van der Waals surface area contributed by atoms with Gasteiger partial charge in [0.15, 0.2) is 0 Å². The average molecular weight is 206 g/mol. The lowest BCUT2D eigenvalue weighted by Crippen LogP contribution is -2.39. The van der Waals surface area contributed by atoms with Crippen molar-refractivity contribution in [2.75, 3.05) is 11.6 Å². The Morgan fingerprint density at radius 2 is 2.20 bits per heavy atom. The normalized spacial score (nSPS) is 19.7. The summed E-state index contributed by atoms with van der Waals surface area (Å²) in [7, 11) is 0. The largest absolute Gasteiger partial charge is 0.486 e. The summed E-state index contributed by atoms with van der Waals surface area (Å²) in [6, 6.07) is 7.47. The maximum Gasteiger partial charge on any atom is 0.145 e. The Kier molecular flexibility index (Phi) is 2.58. The molecule has 0 bridgehead atoms. The van der Waals surface area contributed by atoms with Gasteiger partial charge in [0.25, 0.3) is 0 Å². The Morgan fingerprint density at radius 1 is 1.47 bits per heavy atom. The van der Waals surface area contributed by atoms with Gasteiger partial charge in [-0.1, -0.05) is 26.0 Å². The number of rotatable bonds is 2. The molecule has 15 heavy (non-hydrogen) atoms. The second-order valence-electron chi connectivity index (χ2n) is 4.03. The van der Waals surface area contributed by atoms with E-state index in [-0.39, 0.29) is 6.10 Å². The molecule has 0 saturated carbocycles. The van der Waals surface area contributed by atoms with Crippen LogP contribution in [0.15, 0.2) is 29.6 Å². The van der Waals surface area contributed by atoms with Gasteiger partial charge in [0.1, 0.15) is 17.5 Å². The van der Waals surface area contributed by atoms with Crippen molar-refractivity contribution in [2.24, 2.45) is 11.2 Å². The van der Waals surface area contributed by atoms with E-state index in [1.165, 1.54) is 5.01 Å². The van der Waals surface area contributed by atoms with Crippen molar-refractivity contribution in [3.05, 3.63) is 29.2 Å². The highest BCUT2D eigenvalue weighted by molar-refractivity contribution is 5.59. The smallest absolute Gasteiger partial charge is 0.145 e. The second-order valence-corrected chi connectivity index (χ2v) is 4.03. The van der Waals surface area contributed by atoms with Crippen LogP contribution in [0, 0.1) is 10.8 Å². The van der Waals surface area contributed by atoms with Gasteiger partial charge < -0.3 is 4.74 Å². The molecule has 1 heterocycles. The minimum absolute atomic E-state index is 0.0256. The number of hydrogen-bond acceptors (Lipinski definition) is 3. The number of fused-ring (bicyclic) bond motifs is 1. The minimum atomic E-state index is 0.0256. The molecule has 0 amide bonds. The molecule has 1 atom stereocenters. The summed E-state index contributed by atoms with van der Waals surface area (Å²) in [6.07, 6.45) is 0.0256. The van der Waals surface area contributed by atoms with Crippen LogP contribution in [-0.4, -0.2) is 12.6 Å². The zero-order valence-corrected chi connectivity index (χ0v) is 8.88. The molecular weight excluding hydrogens is 192 g/mol. The fourth-order valence-corrected chi connectivity index (χ4v) is 1.66. The fraction of sp³-hybridized carbons (Fsp3) is 0.455. The highest BCUT2D eigenvalue weighted by atomic mass is 16.5. The van der Waals surface area contributed by atoms with E-state index in [1.807, 2.05) is 24.3 Å². The number of benzene rings is 1. The van der Waals surface area contributed by atoms with Crippen molar-refractivity contribution in [1.29, 1.82) is 0 Å². The zero-order valence-electron chi connectivity index (χ0n) is 8.88. The van der Waals surface area contributed by atoms with Crippen molar-refractivity contribution in [3.8, 4) is 5.75 Å². The Bertz CT molecular complexity index is 365. The standard InChI is InChI=1S/C11H14N2O2/c1-8(2)11-7-13(12-14)9-5-3-4-6-10(9)15-11/h3-6,8,11H,7H2,1-2H3. The summed E-state index contributed by atoms with van der Waals surface area (Å²) in [6.45, 7) is 4.67. The SMILES string of the molecule is CC(C)C1CN(N=O)c2ccccc2O1. The first kappa shape index (κ1) is 9.96. The topological polar surface area (TPSA) is 41.9 Å². The van der Waals surface area contributed by atoms with Gasteiger partial charge in [-0.05, 0) is 18.1 Å². The predicted octanol–water partition coefficient (Wildman–Crippen LogP) is 2.59. The fourth-order valence-electron chi connectivity index (χ4n) is 1.66. The first-order valence-electron chi connectivity index (χ1n) is 5.09. The Labute approximate surface area is 88.8 Å². The summed E-state index contributed by atoms with van der Waals surface area (Å²) in [4.78, 5) is 10.7. The maximum atomic E-state index is 10.7. The van der Waals surface area contributed by atoms with Crippen LogP contribution in [0.4, 0.5) is 5.69 Å².